The third kappa shape index (κ3) is 2.72. The molecular formula is C16H19N3O2. The lowest BCUT2D eigenvalue weighted by molar-refractivity contribution is 0.146. The van der Waals surface area contributed by atoms with Crippen LogP contribution >= 0.6 is 0 Å². The number of rotatable bonds is 3. The summed E-state index contributed by atoms with van der Waals surface area (Å²) in [5.41, 5.74) is 1.12. The quantitative estimate of drug-likeness (QED) is 0.795. The monoisotopic (exact) mass is 285 g/mol. The molecule has 2 aliphatic rings. The molecule has 1 aromatic carbocycles. The summed E-state index contributed by atoms with van der Waals surface area (Å²) in [5.74, 6) is 1.22. The van der Waals surface area contributed by atoms with Crippen LogP contribution in [0.3, 0.4) is 0 Å². The van der Waals surface area contributed by atoms with Crippen LogP contribution in [0.1, 0.15) is 24.8 Å². The summed E-state index contributed by atoms with van der Waals surface area (Å²) in [6.45, 7) is 0.135. The number of carbonyl (C=O) groups is 1. The molecular weight excluding hydrogens is 266 g/mol. The molecule has 110 valence electrons. The van der Waals surface area contributed by atoms with E-state index in [9.17, 15) is 9.90 Å². The zero-order valence-corrected chi connectivity index (χ0v) is 11.7. The summed E-state index contributed by atoms with van der Waals surface area (Å²) in [5, 5.41) is 24.1. The molecule has 3 N–H and O–H groups in total. The number of hydrogen-bond acceptors (Lipinski definition) is 3. The minimum absolute atomic E-state index is 0.0629. The van der Waals surface area contributed by atoms with Gasteiger partial charge in [0.05, 0.1) is 11.6 Å². The molecule has 4 unspecified atom stereocenters. The third-order valence-corrected chi connectivity index (χ3v) is 4.85. The van der Waals surface area contributed by atoms with Gasteiger partial charge < -0.3 is 15.7 Å². The lowest BCUT2D eigenvalue weighted by Crippen LogP contribution is -2.46. The summed E-state index contributed by atoms with van der Waals surface area (Å²) in [7, 11) is 0. The van der Waals surface area contributed by atoms with Gasteiger partial charge in [-0.3, -0.25) is 0 Å². The Morgan fingerprint density at radius 3 is 2.95 bits per heavy atom. The van der Waals surface area contributed by atoms with E-state index in [0.29, 0.717) is 23.1 Å². The maximum atomic E-state index is 12.1. The first-order valence-corrected chi connectivity index (χ1v) is 7.40. The summed E-state index contributed by atoms with van der Waals surface area (Å²) < 4.78 is 0. The minimum Gasteiger partial charge on any atom is -0.396 e. The van der Waals surface area contributed by atoms with Crippen molar-refractivity contribution < 1.29 is 9.90 Å². The predicted molar refractivity (Wildman–Crippen MR) is 78.5 cm³/mol. The van der Waals surface area contributed by atoms with Crippen LogP contribution in [0.25, 0.3) is 0 Å². The van der Waals surface area contributed by atoms with Crippen LogP contribution in [0.15, 0.2) is 24.3 Å². The molecule has 2 fully saturated rings. The maximum absolute atomic E-state index is 12.1. The van der Waals surface area contributed by atoms with Crippen molar-refractivity contribution in [2.24, 2.45) is 17.8 Å². The first kappa shape index (κ1) is 13.9. The molecule has 4 atom stereocenters. The van der Waals surface area contributed by atoms with Crippen LogP contribution in [-0.4, -0.2) is 23.8 Å². The van der Waals surface area contributed by atoms with Crippen molar-refractivity contribution in [1.29, 1.82) is 5.26 Å². The lowest BCUT2D eigenvalue weighted by atomic mass is 9.85. The molecule has 2 amide bonds. The van der Waals surface area contributed by atoms with Gasteiger partial charge in [-0.2, -0.15) is 5.26 Å². The van der Waals surface area contributed by atoms with E-state index in [2.05, 4.69) is 10.6 Å². The van der Waals surface area contributed by atoms with Gasteiger partial charge in [-0.05, 0) is 49.3 Å². The molecule has 5 nitrogen and oxygen atoms in total. The number of aliphatic hydroxyl groups is 1. The van der Waals surface area contributed by atoms with Gasteiger partial charge in [0.15, 0.2) is 0 Å². The molecule has 0 spiro atoms. The average Bonchev–Trinajstić information content (AvgIpc) is 3.08. The van der Waals surface area contributed by atoms with Gasteiger partial charge in [0.25, 0.3) is 0 Å². The Kier molecular flexibility index (Phi) is 3.80. The number of aliphatic hydroxyl groups excluding tert-OH is 1. The van der Waals surface area contributed by atoms with Crippen LogP contribution < -0.4 is 10.6 Å². The van der Waals surface area contributed by atoms with E-state index in [1.54, 1.807) is 24.3 Å². The van der Waals surface area contributed by atoms with Crippen LogP contribution in [0.5, 0.6) is 0 Å². The lowest BCUT2D eigenvalue weighted by Gasteiger charge is -2.30. The predicted octanol–water partition coefficient (Wildman–Crippen LogP) is 2.09. The number of amides is 2. The van der Waals surface area contributed by atoms with Crippen molar-refractivity contribution in [1.82, 2.24) is 5.32 Å². The van der Waals surface area contributed by atoms with Gasteiger partial charge in [-0.25, -0.2) is 4.79 Å². The molecule has 0 saturated heterocycles. The van der Waals surface area contributed by atoms with Crippen molar-refractivity contribution in [3.8, 4) is 6.07 Å². The highest BCUT2D eigenvalue weighted by molar-refractivity contribution is 5.89. The fourth-order valence-electron chi connectivity index (χ4n) is 3.88. The number of carbonyl (C=O) groups excluding carboxylic acids is 1. The maximum Gasteiger partial charge on any atom is 0.319 e. The Labute approximate surface area is 124 Å². The molecule has 3 rings (SSSR count). The van der Waals surface area contributed by atoms with Crippen molar-refractivity contribution in [3.63, 3.8) is 0 Å². The van der Waals surface area contributed by atoms with E-state index in [4.69, 9.17) is 5.26 Å². The zero-order valence-electron chi connectivity index (χ0n) is 11.7. The molecule has 0 aliphatic heterocycles. The molecule has 0 heterocycles. The smallest absolute Gasteiger partial charge is 0.319 e. The number of nitrogens with zero attached hydrogens (tertiary/aromatic N) is 1. The van der Waals surface area contributed by atoms with E-state index >= 15 is 0 Å². The molecule has 2 saturated carbocycles. The van der Waals surface area contributed by atoms with Gasteiger partial charge in [-0.15, -0.1) is 0 Å². The van der Waals surface area contributed by atoms with Crippen molar-refractivity contribution in [2.45, 2.75) is 25.3 Å². The SMILES string of the molecule is N#Cc1cccc(NC(=O)NC2C3CCC(C3)C2CO)c1. The third-order valence-electron chi connectivity index (χ3n) is 4.85. The number of anilines is 1. The fraction of sp³-hybridized carbons (Fsp3) is 0.500. The van der Waals surface area contributed by atoms with Crippen LogP contribution in [-0.2, 0) is 0 Å². The van der Waals surface area contributed by atoms with Crippen LogP contribution in [0, 0.1) is 29.1 Å². The van der Waals surface area contributed by atoms with Gasteiger partial charge in [0.2, 0.25) is 0 Å². The summed E-state index contributed by atoms with van der Waals surface area (Å²) in [6, 6.07) is 8.68. The normalized spacial score (nSPS) is 29.9. The van der Waals surface area contributed by atoms with Crippen LogP contribution in [0.2, 0.25) is 0 Å². The summed E-state index contributed by atoms with van der Waals surface area (Å²) in [6.07, 6.45) is 3.41. The van der Waals surface area contributed by atoms with Gasteiger partial charge in [0, 0.05) is 24.3 Å². The summed E-state index contributed by atoms with van der Waals surface area (Å²) >= 11 is 0. The highest BCUT2D eigenvalue weighted by Gasteiger charge is 2.47. The molecule has 5 heteroatoms. The molecule has 0 radical (unpaired) electrons. The Morgan fingerprint density at radius 1 is 1.38 bits per heavy atom. The first-order valence-electron chi connectivity index (χ1n) is 7.40. The molecule has 2 bridgehead atoms. The van der Waals surface area contributed by atoms with E-state index < -0.39 is 0 Å². The number of fused-ring (bicyclic) bond motifs is 2. The second-order valence-corrected chi connectivity index (χ2v) is 6.00. The van der Waals surface area contributed by atoms with Crippen molar-refractivity contribution >= 4 is 11.7 Å². The second kappa shape index (κ2) is 5.74. The number of nitriles is 1. The number of nitrogens with one attached hydrogen (secondary N) is 2. The largest absolute Gasteiger partial charge is 0.396 e. The average molecular weight is 285 g/mol. The Balaban J connectivity index is 1.63. The standard InChI is InChI=1S/C16H19N3O2/c17-8-10-2-1-3-13(6-10)18-16(21)19-15-12-5-4-11(7-12)14(15)9-20/h1-3,6,11-12,14-15,20H,4-5,7,9H2,(H2,18,19,21). The van der Waals surface area contributed by atoms with E-state index in [-0.39, 0.29) is 24.6 Å². The fourth-order valence-corrected chi connectivity index (χ4v) is 3.88. The molecule has 2 aliphatic carbocycles. The molecule has 1 aromatic rings. The Hall–Kier alpha value is -2.06. The van der Waals surface area contributed by atoms with E-state index in [1.807, 2.05) is 6.07 Å². The highest BCUT2D eigenvalue weighted by atomic mass is 16.3. The van der Waals surface area contributed by atoms with E-state index in [1.165, 1.54) is 6.42 Å². The Morgan fingerprint density at radius 2 is 2.19 bits per heavy atom. The van der Waals surface area contributed by atoms with Crippen LogP contribution in [0.4, 0.5) is 10.5 Å². The van der Waals surface area contributed by atoms with E-state index in [0.717, 1.165) is 12.8 Å². The number of hydrogen-bond donors (Lipinski definition) is 3. The Bertz CT molecular complexity index is 581. The topological polar surface area (TPSA) is 85.2 Å². The van der Waals surface area contributed by atoms with Gasteiger partial charge >= 0.3 is 6.03 Å². The second-order valence-electron chi connectivity index (χ2n) is 6.00. The minimum atomic E-state index is -0.263. The molecule has 21 heavy (non-hydrogen) atoms. The first-order chi connectivity index (χ1) is 10.2. The zero-order chi connectivity index (χ0) is 14.8. The van der Waals surface area contributed by atoms with Crippen molar-refractivity contribution in [3.05, 3.63) is 29.8 Å². The number of benzene rings is 1. The van der Waals surface area contributed by atoms with Gasteiger partial charge in [0.1, 0.15) is 0 Å². The summed E-state index contributed by atoms with van der Waals surface area (Å²) in [4.78, 5) is 12.1. The van der Waals surface area contributed by atoms with Crippen molar-refractivity contribution in [2.75, 3.05) is 11.9 Å². The highest BCUT2D eigenvalue weighted by Crippen LogP contribution is 2.48. The van der Waals surface area contributed by atoms with Gasteiger partial charge in [-0.1, -0.05) is 6.07 Å². The number of urea groups is 1. The molecule has 0 aromatic heterocycles.